The third kappa shape index (κ3) is 2.97. The van der Waals surface area contributed by atoms with E-state index < -0.39 is 0 Å². The number of aryl methyl sites for hydroxylation is 1. The van der Waals surface area contributed by atoms with E-state index in [1.54, 1.807) is 22.0 Å². The SMILES string of the molecule is CCN1C(=O)CC[C@H](C(=O)Nc2cccc3nccn23)[C@H]1c1ccnn1C. The molecule has 2 atom stereocenters. The molecule has 0 bridgehead atoms. The van der Waals surface area contributed by atoms with Crippen LogP contribution in [0.4, 0.5) is 5.82 Å². The zero-order valence-electron chi connectivity index (χ0n) is 15.4. The monoisotopic (exact) mass is 366 g/mol. The first-order chi connectivity index (χ1) is 13.1. The number of anilines is 1. The fourth-order valence-corrected chi connectivity index (χ4v) is 3.91. The van der Waals surface area contributed by atoms with Crippen molar-refractivity contribution in [1.82, 2.24) is 24.1 Å². The number of fused-ring (bicyclic) bond motifs is 1. The molecule has 0 spiro atoms. The van der Waals surface area contributed by atoms with E-state index >= 15 is 0 Å². The first-order valence-corrected chi connectivity index (χ1v) is 9.10. The highest BCUT2D eigenvalue weighted by Crippen LogP contribution is 2.37. The number of hydrogen-bond donors (Lipinski definition) is 1. The van der Waals surface area contributed by atoms with Crippen molar-refractivity contribution in [3.8, 4) is 0 Å². The third-order valence-corrected chi connectivity index (χ3v) is 5.23. The number of rotatable bonds is 4. The van der Waals surface area contributed by atoms with Gasteiger partial charge >= 0.3 is 0 Å². The van der Waals surface area contributed by atoms with Crippen LogP contribution in [0.3, 0.4) is 0 Å². The molecule has 3 aromatic rings. The maximum absolute atomic E-state index is 13.2. The van der Waals surface area contributed by atoms with Gasteiger partial charge in [0.25, 0.3) is 0 Å². The Balaban J connectivity index is 1.67. The van der Waals surface area contributed by atoms with Crippen molar-refractivity contribution < 1.29 is 9.59 Å². The molecule has 1 aliphatic rings. The van der Waals surface area contributed by atoms with Gasteiger partial charge in [0.05, 0.1) is 17.7 Å². The summed E-state index contributed by atoms with van der Waals surface area (Å²) in [5.41, 5.74) is 1.64. The summed E-state index contributed by atoms with van der Waals surface area (Å²) < 4.78 is 3.57. The molecule has 140 valence electrons. The Labute approximate surface area is 156 Å². The summed E-state index contributed by atoms with van der Waals surface area (Å²) in [6.07, 6.45) is 6.09. The topological polar surface area (TPSA) is 84.5 Å². The summed E-state index contributed by atoms with van der Waals surface area (Å²) in [5.74, 6) is 0.286. The first-order valence-electron chi connectivity index (χ1n) is 9.10. The van der Waals surface area contributed by atoms with E-state index in [2.05, 4.69) is 15.4 Å². The highest BCUT2D eigenvalue weighted by molar-refractivity contribution is 5.94. The second-order valence-electron chi connectivity index (χ2n) is 6.71. The Morgan fingerprint density at radius 3 is 2.89 bits per heavy atom. The molecular formula is C19H22N6O2. The molecule has 27 heavy (non-hydrogen) atoms. The smallest absolute Gasteiger partial charge is 0.231 e. The van der Waals surface area contributed by atoms with Gasteiger partial charge in [-0.25, -0.2) is 4.98 Å². The molecule has 1 aliphatic heterocycles. The van der Waals surface area contributed by atoms with Crippen LogP contribution in [0, 0.1) is 5.92 Å². The van der Waals surface area contributed by atoms with E-state index in [9.17, 15) is 9.59 Å². The minimum Gasteiger partial charge on any atom is -0.334 e. The molecule has 4 heterocycles. The Bertz CT molecular complexity index is 991. The average molecular weight is 366 g/mol. The molecule has 0 aromatic carbocycles. The van der Waals surface area contributed by atoms with Crippen molar-refractivity contribution in [2.75, 3.05) is 11.9 Å². The lowest BCUT2D eigenvalue weighted by molar-refractivity contribution is -0.142. The van der Waals surface area contributed by atoms with Gasteiger partial charge in [0, 0.05) is 38.6 Å². The summed E-state index contributed by atoms with van der Waals surface area (Å²) >= 11 is 0. The molecule has 0 radical (unpaired) electrons. The van der Waals surface area contributed by atoms with Crippen molar-refractivity contribution in [2.45, 2.75) is 25.8 Å². The minimum absolute atomic E-state index is 0.0736. The number of nitrogens with zero attached hydrogens (tertiary/aromatic N) is 5. The third-order valence-electron chi connectivity index (χ3n) is 5.23. The van der Waals surface area contributed by atoms with Gasteiger partial charge in [0.2, 0.25) is 11.8 Å². The molecule has 1 N–H and O–H groups in total. The highest BCUT2D eigenvalue weighted by atomic mass is 16.2. The molecule has 2 amide bonds. The van der Waals surface area contributed by atoms with Gasteiger partial charge in [-0.15, -0.1) is 0 Å². The molecule has 8 heteroatoms. The van der Waals surface area contributed by atoms with E-state index in [0.717, 1.165) is 11.3 Å². The summed E-state index contributed by atoms with van der Waals surface area (Å²) in [5, 5.41) is 7.26. The Morgan fingerprint density at radius 2 is 2.15 bits per heavy atom. The molecule has 0 saturated carbocycles. The van der Waals surface area contributed by atoms with Crippen LogP contribution in [0.25, 0.3) is 5.65 Å². The molecule has 0 unspecified atom stereocenters. The summed E-state index contributed by atoms with van der Waals surface area (Å²) in [7, 11) is 1.84. The van der Waals surface area contributed by atoms with Gasteiger partial charge in [-0.3, -0.25) is 18.7 Å². The molecule has 0 aliphatic carbocycles. The molecule has 1 fully saturated rings. The predicted octanol–water partition coefficient (Wildman–Crippen LogP) is 2.01. The normalized spacial score (nSPS) is 20.2. The van der Waals surface area contributed by atoms with Crippen LogP contribution in [0.2, 0.25) is 0 Å². The van der Waals surface area contributed by atoms with Crippen molar-refractivity contribution in [2.24, 2.45) is 13.0 Å². The maximum atomic E-state index is 13.2. The van der Waals surface area contributed by atoms with Crippen LogP contribution in [0.15, 0.2) is 42.9 Å². The Kier molecular flexibility index (Phi) is 4.39. The number of hydrogen-bond acceptors (Lipinski definition) is 4. The van der Waals surface area contributed by atoms with Crippen molar-refractivity contribution in [1.29, 1.82) is 0 Å². The lowest BCUT2D eigenvalue weighted by Gasteiger charge is -2.39. The zero-order valence-corrected chi connectivity index (χ0v) is 15.4. The highest BCUT2D eigenvalue weighted by Gasteiger charge is 2.41. The largest absolute Gasteiger partial charge is 0.334 e. The van der Waals surface area contributed by atoms with Crippen molar-refractivity contribution in [3.63, 3.8) is 0 Å². The number of carbonyl (C=O) groups is 2. The average Bonchev–Trinajstić information content (AvgIpc) is 3.30. The molecule has 3 aromatic heterocycles. The number of nitrogens with one attached hydrogen (secondary N) is 1. The number of aromatic nitrogens is 4. The number of amides is 2. The number of carbonyl (C=O) groups excluding carboxylic acids is 2. The predicted molar refractivity (Wildman–Crippen MR) is 99.9 cm³/mol. The van der Waals surface area contributed by atoms with Gasteiger partial charge in [-0.05, 0) is 31.5 Å². The van der Waals surface area contributed by atoms with Crippen LogP contribution in [0.1, 0.15) is 31.5 Å². The second-order valence-corrected chi connectivity index (χ2v) is 6.71. The van der Waals surface area contributed by atoms with Crippen LogP contribution < -0.4 is 5.32 Å². The van der Waals surface area contributed by atoms with Crippen molar-refractivity contribution in [3.05, 3.63) is 48.5 Å². The number of piperidine rings is 1. The van der Waals surface area contributed by atoms with Crippen LogP contribution in [-0.2, 0) is 16.6 Å². The summed E-state index contributed by atoms with van der Waals surface area (Å²) in [6.45, 7) is 2.49. The van der Waals surface area contributed by atoms with E-state index in [4.69, 9.17) is 0 Å². The number of likely N-dealkylation sites (tertiary alicyclic amines) is 1. The van der Waals surface area contributed by atoms with E-state index in [0.29, 0.717) is 25.2 Å². The molecular weight excluding hydrogens is 344 g/mol. The van der Waals surface area contributed by atoms with E-state index in [-0.39, 0.29) is 23.8 Å². The number of imidazole rings is 1. The Hall–Kier alpha value is -3.16. The van der Waals surface area contributed by atoms with Gasteiger partial charge in [0.15, 0.2) is 0 Å². The molecule has 1 saturated heterocycles. The minimum atomic E-state index is -0.350. The van der Waals surface area contributed by atoms with Crippen LogP contribution in [0.5, 0.6) is 0 Å². The fourth-order valence-electron chi connectivity index (χ4n) is 3.91. The lowest BCUT2D eigenvalue weighted by Crippen LogP contribution is -2.47. The fraction of sp³-hybridized carbons (Fsp3) is 0.368. The quantitative estimate of drug-likeness (QED) is 0.765. The van der Waals surface area contributed by atoms with E-state index in [1.165, 1.54) is 0 Å². The van der Waals surface area contributed by atoms with Crippen LogP contribution in [-0.4, -0.2) is 42.4 Å². The zero-order chi connectivity index (χ0) is 19.0. The standard InChI is InChI=1S/C19H22N6O2/c1-3-24-17(26)8-7-13(18(24)14-9-10-21-23(14)2)19(27)22-16-6-4-5-15-20-11-12-25(15)16/h4-6,9-13,18H,3,7-8H2,1-2H3,(H,22,27)/t13-,18-/m0/s1. The van der Waals surface area contributed by atoms with E-state index in [1.807, 2.05) is 48.8 Å². The van der Waals surface area contributed by atoms with Gasteiger partial charge in [-0.1, -0.05) is 6.07 Å². The summed E-state index contributed by atoms with van der Waals surface area (Å²) in [6, 6.07) is 7.14. The van der Waals surface area contributed by atoms with Crippen molar-refractivity contribution >= 4 is 23.3 Å². The van der Waals surface area contributed by atoms with Gasteiger partial charge in [-0.2, -0.15) is 5.10 Å². The Morgan fingerprint density at radius 1 is 1.30 bits per heavy atom. The second kappa shape index (κ2) is 6.86. The van der Waals surface area contributed by atoms with Crippen LogP contribution >= 0.6 is 0 Å². The summed E-state index contributed by atoms with van der Waals surface area (Å²) in [4.78, 5) is 31.7. The molecule has 4 rings (SSSR count). The molecule has 8 nitrogen and oxygen atoms in total. The van der Waals surface area contributed by atoms with Gasteiger partial charge in [0.1, 0.15) is 11.5 Å². The first kappa shape index (κ1) is 17.3. The number of pyridine rings is 1. The lowest BCUT2D eigenvalue weighted by atomic mass is 9.85. The van der Waals surface area contributed by atoms with Gasteiger partial charge < -0.3 is 10.2 Å². The maximum Gasteiger partial charge on any atom is 0.231 e.